The van der Waals surface area contributed by atoms with E-state index in [1.807, 2.05) is 0 Å². The molecule has 69 heavy (non-hydrogen) atoms. The second-order valence-electron chi connectivity index (χ2n) is 20.6. The van der Waals surface area contributed by atoms with E-state index in [-0.39, 0.29) is 31.1 Å². The lowest BCUT2D eigenvalue weighted by Gasteiger charge is -2.18. The highest BCUT2D eigenvalue weighted by atomic mass is 16.6. The third kappa shape index (κ3) is 56.4. The average Bonchev–Trinajstić information content (AvgIpc) is 3.35. The molecule has 0 aromatic heterocycles. The molecule has 0 bridgehead atoms. The quantitative estimate of drug-likeness (QED) is 0.0261. The third-order valence-electron chi connectivity index (χ3n) is 13.6. The lowest BCUT2D eigenvalue weighted by Crippen LogP contribution is -2.30. The van der Waals surface area contributed by atoms with Crippen LogP contribution in [0.4, 0.5) is 0 Å². The maximum absolute atomic E-state index is 12.9. The number of carbonyl (C=O) groups is 3. The van der Waals surface area contributed by atoms with Crippen molar-refractivity contribution in [3.8, 4) is 0 Å². The largest absolute Gasteiger partial charge is 0.462 e. The van der Waals surface area contributed by atoms with Gasteiger partial charge in [-0.15, -0.1) is 0 Å². The lowest BCUT2D eigenvalue weighted by molar-refractivity contribution is -0.167. The van der Waals surface area contributed by atoms with Crippen molar-refractivity contribution < 1.29 is 28.6 Å². The number of ether oxygens (including phenoxy) is 3. The van der Waals surface area contributed by atoms with Crippen LogP contribution in [0.3, 0.4) is 0 Å². The highest BCUT2D eigenvalue weighted by Gasteiger charge is 2.19. The maximum atomic E-state index is 12.9. The highest BCUT2D eigenvalue weighted by Crippen LogP contribution is 2.17. The van der Waals surface area contributed by atoms with Gasteiger partial charge in [0.15, 0.2) is 6.10 Å². The SMILES string of the molecule is CCCCC/C=C\C/C=C\C/C=C\CCCCC(=O)OC[C@H](COC(=O)CCCCCCCCCCCCCCCCCCC)OC(=O)CCCCCCCCCCCCCCCCCCCCC. The Kier molecular flexibility index (Phi) is 56.2. The summed E-state index contributed by atoms with van der Waals surface area (Å²) in [7, 11) is 0. The van der Waals surface area contributed by atoms with Crippen molar-refractivity contribution in [1.29, 1.82) is 0 Å². The molecule has 0 unspecified atom stereocenters. The van der Waals surface area contributed by atoms with Crippen LogP contribution >= 0.6 is 0 Å². The Morgan fingerprint density at radius 2 is 0.522 bits per heavy atom. The number of allylic oxidation sites excluding steroid dienone is 6. The zero-order valence-electron chi connectivity index (χ0n) is 46.3. The maximum Gasteiger partial charge on any atom is 0.306 e. The van der Waals surface area contributed by atoms with Crippen LogP contribution in [-0.2, 0) is 28.6 Å². The molecule has 0 aliphatic heterocycles. The topological polar surface area (TPSA) is 78.9 Å². The summed E-state index contributed by atoms with van der Waals surface area (Å²) in [5.41, 5.74) is 0. The lowest BCUT2D eigenvalue weighted by atomic mass is 10.0. The molecule has 0 aromatic rings. The third-order valence-corrected chi connectivity index (χ3v) is 13.6. The molecule has 6 nitrogen and oxygen atoms in total. The molecule has 0 saturated heterocycles. The van der Waals surface area contributed by atoms with Gasteiger partial charge >= 0.3 is 17.9 Å². The van der Waals surface area contributed by atoms with Gasteiger partial charge in [-0.2, -0.15) is 0 Å². The van der Waals surface area contributed by atoms with Gasteiger partial charge in [0.25, 0.3) is 0 Å². The molecule has 0 aliphatic rings. The molecular weight excluding hydrogens is 853 g/mol. The average molecular weight is 970 g/mol. The van der Waals surface area contributed by atoms with Crippen LogP contribution in [0.2, 0.25) is 0 Å². The first-order chi connectivity index (χ1) is 34.0. The normalized spacial score (nSPS) is 12.2. The van der Waals surface area contributed by atoms with E-state index in [0.717, 1.165) is 70.6 Å². The molecule has 0 amide bonds. The van der Waals surface area contributed by atoms with Crippen molar-refractivity contribution in [1.82, 2.24) is 0 Å². The van der Waals surface area contributed by atoms with Gasteiger partial charge in [-0.1, -0.05) is 288 Å². The molecule has 404 valence electrons. The van der Waals surface area contributed by atoms with E-state index in [9.17, 15) is 14.4 Å². The fraction of sp³-hybridized carbons (Fsp3) is 0.857. The molecule has 0 rings (SSSR count). The molecule has 1 atom stereocenters. The first-order valence-corrected chi connectivity index (χ1v) is 30.5. The summed E-state index contributed by atoms with van der Waals surface area (Å²) >= 11 is 0. The molecule has 0 spiro atoms. The Morgan fingerprint density at radius 3 is 0.841 bits per heavy atom. The highest BCUT2D eigenvalue weighted by molar-refractivity contribution is 5.71. The molecule has 0 fully saturated rings. The molecule has 6 heteroatoms. The molecule has 0 radical (unpaired) electrons. The van der Waals surface area contributed by atoms with E-state index >= 15 is 0 Å². The molecular formula is C63H116O6. The second kappa shape index (κ2) is 58.2. The monoisotopic (exact) mass is 969 g/mol. The van der Waals surface area contributed by atoms with Gasteiger partial charge in [0, 0.05) is 19.3 Å². The number of carbonyl (C=O) groups excluding carboxylic acids is 3. The summed E-state index contributed by atoms with van der Waals surface area (Å²) < 4.78 is 16.9. The summed E-state index contributed by atoms with van der Waals surface area (Å²) in [6.45, 7) is 6.64. The van der Waals surface area contributed by atoms with Crippen molar-refractivity contribution in [2.75, 3.05) is 13.2 Å². The van der Waals surface area contributed by atoms with Gasteiger partial charge in [-0.3, -0.25) is 14.4 Å². The van der Waals surface area contributed by atoms with E-state index in [1.165, 1.54) is 218 Å². The molecule has 0 N–H and O–H groups in total. The van der Waals surface area contributed by atoms with Gasteiger partial charge in [-0.25, -0.2) is 0 Å². The summed E-state index contributed by atoms with van der Waals surface area (Å²) in [4.78, 5) is 38.2. The standard InChI is InChI=1S/C63H116O6/c1-4-7-10-13-16-19-22-25-28-30-31-33-36-39-42-45-48-51-54-57-63(66)69-60(58-67-61(64)55-52-49-46-43-40-37-34-27-24-21-18-15-12-9-6-3)59-68-62(65)56-53-50-47-44-41-38-35-32-29-26-23-20-17-14-11-8-5-2/h18,21,27,34,40,43,60H,4-17,19-20,22-26,28-33,35-39,41-42,44-59H2,1-3H3/b21-18-,34-27-,43-40-/t60-/m1/s1. The molecule has 0 aliphatic carbocycles. The van der Waals surface area contributed by atoms with Gasteiger partial charge < -0.3 is 14.2 Å². The van der Waals surface area contributed by atoms with Crippen LogP contribution in [0, 0.1) is 0 Å². The predicted octanol–water partition coefficient (Wildman–Crippen LogP) is 20.4. The van der Waals surface area contributed by atoms with Gasteiger partial charge in [0.1, 0.15) is 13.2 Å². The fourth-order valence-corrected chi connectivity index (χ4v) is 9.04. The second-order valence-corrected chi connectivity index (χ2v) is 20.6. The summed E-state index contributed by atoms with van der Waals surface area (Å²) in [5.74, 6) is -0.896. The fourth-order valence-electron chi connectivity index (χ4n) is 9.04. The van der Waals surface area contributed by atoms with Crippen LogP contribution in [0.5, 0.6) is 0 Å². The number of hydrogen-bond donors (Lipinski definition) is 0. The number of hydrogen-bond acceptors (Lipinski definition) is 6. The summed E-state index contributed by atoms with van der Waals surface area (Å²) in [5, 5.41) is 0. The van der Waals surface area contributed by atoms with E-state index in [2.05, 4.69) is 57.2 Å². The van der Waals surface area contributed by atoms with E-state index in [1.54, 1.807) is 0 Å². The zero-order valence-corrected chi connectivity index (χ0v) is 46.3. The molecule has 0 heterocycles. The minimum Gasteiger partial charge on any atom is -0.462 e. The molecule has 0 saturated carbocycles. The van der Waals surface area contributed by atoms with Crippen molar-refractivity contribution in [2.45, 2.75) is 335 Å². The zero-order chi connectivity index (χ0) is 50.0. The van der Waals surface area contributed by atoms with Crippen LogP contribution in [0.15, 0.2) is 36.5 Å². The Balaban J connectivity index is 4.36. The van der Waals surface area contributed by atoms with E-state index in [4.69, 9.17) is 14.2 Å². The smallest absolute Gasteiger partial charge is 0.306 e. The molecule has 0 aromatic carbocycles. The van der Waals surface area contributed by atoms with Crippen molar-refractivity contribution in [3.05, 3.63) is 36.5 Å². The minimum atomic E-state index is -0.784. The van der Waals surface area contributed by atoms with Gasteiger partial charge in [-0.05, 0) is 57.8 Å². The van der Waals surface area contributed by atoms with Crippen molar-refractivity contribution >= 4 is 17.9 Å². The number of rotatable bonds is 56. The van der Waals surface area contributed by atoms with Crippen LogP contribution in [-0.4, -0.2) is 37.2 Å². The van der Waals surface area contributed by atoms with E-state index in [0.29, 0.717) is 19.3 Å². The van der Waals surface area contributed by atoms with Crippen molar-refractivity contribution in [3.63, 3.8) is 0 Å². The van der Waals surface area contributed by atoms with Crippen molar-refractivity contribution in [2.24, 2.45) is 0 Å². The van der Waals surface area contributed by atoms with Crippen LogP contribution < -0.4 is 0 Å². The Labute approximate surface area is 429 Å². The summed E-state index contributed by atoms with van der Waals surface area (Å²) in [6, 6.07) is 0. The first-order valence-electron chi connectivity index (χ1n) is 30.5. The number of unbranched alkanes of at least 4 members (excludes halogenated alkanes) is 39. The minimum absolute atomic E-state index is 0.0789. The van der Waals surface area contributed by atoms with Crippen LogP contribution in [0.1, 0.15) is 329 Å². The van der Waals surface area contributed by atoms with Gasteiger partial charge in [0.2, 0.25) is 0 Å². The predicted molar refractivity (Wildman–Crippen MR) is 298 cm³/mol. The van der Waals surface area contributed by atoms with Gasteiger partial charge in [0.05, 0.1) is 0 Å². The summed E-state index contributed by atoms with van der Waals surface area (Å²) in [6.07, 6.45) is 70.0. The first kappa shape index (κ1) is 66.6. The Bertz CT molecular complexity index is 1160. The Hall–Kier alpha value is -2.37. The number of esters is 3. The Morgan fingerprint density at radius 1 is 0.290 bits per heavy atom. The van der Waals surface area contributed by atoms with Crippen LogP contribution in [0.25, 0.3) is 0 Å². The van der Waals surface area contributed by atoms with E-state index < -0.39 is 6.10 Å².